The van der Waals surface area contributed by atoms with Crippen molar-refractivity contribution in [3.63, 3.8) is 0 Å². The fourth-order valence-corrected chi connectivity index (χ4v) is 0.689. The van der Waals surface area contributed by atoms with Crippen molar-refractivity contribution in [2.75, 3.05) is 5.32 Å². The first-order valence-electron chi connectivity index (χ1n) is 3.15. The number of hydrogen-bond acceptors (Lipinski definition) is 1. The van der Waals surface area contributed by atoms with Crippen LogP contribution in [0.25, 0.3) is 0 Å². The third-order valence-electron chi connectivity index (χ3n) is 1.16. The lowest BCUT2D eigenvalue weighted by atomic mass is 10.3. The Labute approximate surface area is 65.4 Å². The predicted molar refractivity (Wildman–Crippen MR) is 42.9 cm³/mol. The molecule has 0 spiro atoms. The molecule has 2 radical (unpaired) electrons. The van der Waals surface area contributed by atoms with Gasteiger partial charge < -0.3 is 10.6 Å². The van der Waals surface area contributed by atoms with Crippen molar-refractivity contribution in [1.29, 1.82) is 0 Å². The third kappa shape index (κ3) is 2.29. The quantitative estimate of drug-likeness (QED) is 0.582. The maximum atomic E-state index is 10.6. The van der Waals surface area contributed by atoms with Gasteiger partial charge in [0.1, 0.15) is 0 Å². The molecule has 0 aromatic heterocycles. The van der Waals surface area contributed by atoms with Crippen molar-refractivity contribution in [2.24, 2.45) is 0 Å². The zero-order valence-electron chi connectivity index (χ0n) is 5.87. The van der Waals surface area contributed by atoms with Gasteiger partial charge in [0.05, 0.1) is 7.05 Å². The molecule has 0 fully saturated rings. The Balaban J connectivity index is 2.58. The van der Waals surface area contributed by atoms with Crippen molar-refractivity contribution >= 4 is 11.7 Å². The molecule has 1 aromatic carbocycles. The van der Waals surface area contributed by atoms with Crippen molar-refractivity contribution in [3.05, 3.63) is 37.4 Å². The lowest BCUT2D eigenvalue weighted by molar-refractivity contribution is 0.255. The molecule has 11 heavy (non-hydrogen) atoms. The van der Waals surface area contributed by atoms with Crippen LogP contribution in [0.1, 0.15) is 0 Å². The highest BCUT2D eigenvalue weighted by atomic mass is 16.2. The highest BCUT2D eigenvalue weighted by Gasteiger charge is 1.94. The Kier molecular flexibility index (Phi) is 2.49. The summed E-state index contributed by atoms with van der Waals surface area (Å²) in [6.45, 7) is 0. The number of amides is 2. The van der Waals surface area contributed by atoms with Gasteiger partial charge in [0, 0.05) is 5.69 Å². The first-order chi connectivity index (χ1) is 5.33. The number of para-hydroxylation sites is 1. The first-order valence-corrected chi connectivity index (χ1v) is 3.15. The molecule has 56 valence electrons. The van der Waals surface area contributed by atoms with Crippen LogP contribution in [-0.2, 0) is 0 Å². The van der Waals surface area contributed by atoms with Crippen molar-refractivity contribution < 1.29 is 4.79 Å². The zero-order valence-corrected chi connectivity index (χ0v) is 5.87. The van der Waals surface area contributed by atoms with Gasteiger partial charge in [0.15, 0.2) is 0 Å². The molecule has 0 unspecified atom stereocenters. The van der Waals surface area contributed by atoms with E-state index in [1.54, 1.807) is 12.1 Å². The summed E-state index contributed by atoms with van der Waals surface area (Å²) in [6.07, 6.45) is 0. The second-order valence-corrected chi connectivity index (χ2v) is 1.96. The van der Waals surface area contributed by atoms with Gasteiger partial charge in [0.25, 0.3) is 0 Å². The Morgan fingerprint density at radius 2 is 1.91 bits per heavy atom. The lowest BCUT2D eigenvalue weighted by Crippen LogP contribution is -2.22. The number of nitrogens with one attached hydrogen (secondary N) is 2. The number of carbonyl (C=O) groups is 1. The van der Waals surface area contributed by atoms with Crippen LogP contribution in [0.3, 0.4) is 0 Å². The van der Waals surface area contributed by atoms with Crippen molar-refractivity contribution in [2.45, 2.75) is 0 Å². The van der Waals surface area contributed by atoms with Crippen LogP contribution in [0.15, 0.2) is 30.3 Å². The Hall–Kier alpha value is -1.51. The zero-order chi connectivity index (χ0) is 8.10. The van der Waals surface area contributed by atoms with Crippen LogP contribution >= 0.6 is 0 Å². The standard InChI is InChI=1S/C8H8N2O/c1-9-8(11)10-7-5-3-2-4-6-7/h1-6H,(H2,9,10,11). The van der Waals surface area contributed by atoms with E-state index in [1.165, 1.54) is 0 Å². The van der Waals surface area contributed by atoms with Gasteiger partial charge in [-0.25, -0.2) is 4.79 Å². The monoisotopic (exact) mass is 148 g/mol. The minimum absolute atomic E-state index is 0.420. The summed E-state index contributed by atoms with van der Waals surface area (Å²) in [5, 5.41) is 4.48. The normalized spacial score (nSPS) is 8.82. The SMILES string of the molecule is [CH]NC(=O)Nc1ccccc1. The average Bonchev–Trinajstić information content (AvgIpc) is 2.06. The number of anilines is 1. The summed E-state index contributed by atoms with van der Waals surface area (Å²) in [7, 11) is 4.86. The number of carbonyl (C=O) groups excluding carboxylic acids is 1. The highest BCUT2D eigenvalue weighted by molar-refractivity contribution is 5.89. The summed E-state index contributed by atoms with van der Waals surface area (Å²) < 4.78 is 0. The smallest absolute Gasteiger partial charge is 0.319 e. The van der Waals surface area contributed by atoms with Gasteiger partial charge in [-0.1, -0.05) is 18.2 Å². The maximum absolute atomic E-state index is 10.6. The largest absolute Gasteiger partial charge is 0.331 e. The molecule has 0 bridgehead atoms. The molecule has 3 nitrogen and oxygen atoms in total. The van der Waals surface area contributed by atoms with Crippen LogP contribution in [0.2, 0.25) is 0 Å². The molecule has 1 aromatic rings. The summed E-state index contributed by atoms with van der Waals surface area (Å²) in [5.74, 6) is 0. The maximum Gasteiger partial charge on any atom is 0.319 e. The summed E-state index contributed by atoms with van der Waals surface area (Å²) in [4.78, 5) is 10.6. The molecule has 0 aliphatic heterocycles. The van der Waals surface area contributed by atoms with E-state index in [0.717, 1.165) is 5.69 Å². The average molecular weight is 148 g/mol. The molecule has 0 atom stereocenters. The second kappa shape index (κ2) is 3.61. The first kappa shape index (κ1) is 7.60. The van der Waals surface area contributed by atoms with Gasteiger partial charge in [-0.15, -0.1) is 0 Å². The van der Waals surface area contributed by atoms with Crippen LogP contribution in [0, 0.1) is 7.05 Å². The fraction of sp³-hybridized carbons (Fsp3) is 0. The van der Waals surface area contributed by atoms with E-state index >= 15 is 0 Å². The fourth-order valence-electron chi connectivity index (χ4n) is 0.689. The summed E-state index contributed by atoms with van der Waals surface area (Å²) >= 11 is 0. The molecular formula is C8H8N2O. The van der Waals surface area contributed by atoms with Crippen molar-refractivity contribution in [1.82, 2.24) is 5.32 Å². The van der Waals surface area contributed by atoms with E-state index in [-0.39, 0.29) is 0 Å². The van der Waals surface area contributed by atoms with Gasteiger partial charge in [-0.3, -0.25) is 0 Å². The van der Waals surface area contributed by atoms with E-state index < -0.39 is 6.03 Å². The molecule has 0 aliphatic carbocycles. The van der Waals surface area contributed by atoms with Gasteiger partial charge in [-0.2, -0.15) is 0 Å². The van der Waals surface area contributed by atoms with Gasteiger partial charge in [0.2, 0.25) is 0 Å². The van der Waals surface area contributed by atoms with E-state index in [4.69, 9.17) is 7.05 Å². The molecule has 2 N–H and O–H groups in total. The Morgan fingerprint density at radius 3 is 2.45 bits per heavy atom. The number of urea groups is 1. The van der Waals surface area contributed by atoms with Crippen LogP contribution in [-0.4, -0.2) is 6.03 Å². The summed E-state index contributed by atoms with van der Waals surface area (Å²) in [6, 6.07) is 8.64. The summed E-state index contributed by atoms with van der Waals surface area (Å²) in [5.41, 5.74) is 0.718. The molecule has 0 aliphatic rings. The van der Waals surface area contributed by atoms with Crippen LogP contribution in [0.5, 0.6) is 0 Å². The van der Waals surface area contributed by atoms with Crippen molar-refractivity contribution in [3.8, 4) is 0 Å². The van der Waals surface area contributed by atoms with E-state index in [0.29, 0.717) is 0 Å². The predicted octanol–water partition coefficient (Wildman–Crippen LogP) is 1.48. The number of hydrogen-bond donors (Lipinski definition) is 2. The van der Waals surface area contributed by atoms with Gasteiger partial charge >= 0.3 is 6.03 Å². The van der Waals surface area contributed by atoms with E-state index in [9.17, 15) is 4.79 Å². The van der Waals surface area contributed by atoms with E-state index in [1.807, 2.05) is 23.5 Å². The Bertz CT molecular complexity index is 233. The number of rotatable bonds is 1. The molecule has 1 rings (SSSR count). The van der Waals surface area contributed by atoms with Crippen LogP contribution < -0.4 is 10.6 Å². The molecule has 3 heteroatoms. The number of benzene rings is 1. The Morgan fingerprint density at radius 1 is 1.27 bits per heavy atom. The third-order valence-corrected chi connectivity index (χ3v) is 1.16. The minimum Gasteiger partial charge on any atom is -0.331 e. The topological polar surface area (TPSA) is 41.1 Å². The molecule has 0 heterocycles. The highest BCUT2D eigenvalue weighted by Crippen LogP contribution is 2.03. The van der Waals surface area contributed by atoms with Gasteiger partial charge in [-0.05, 0) is 12.1 Å². The van der Waals surface area contributed by atoms with Crippen LogP contribution in [0.4, 0.5) is 10.5 Å². The lowest BCUT2D eigenvalue weighted by Gasteiger charge is -2.01. The minimum atomic E-state index is -0.420. The van der Waals surface area contributed by atoms with E-state index in [2.05, 4.69) is 5.32 Å². The molecule has 2 amide bonds. The molecule has 0 saturated heterocycles. The molecule has 0 saturated carbocycles. The molecular weight excluding hydrogens is 140 g/mol. The second-order valence-electron chi connectivity index (χ2n) is 1.96.